The Hall–Kier alpha value is -2.59. The van der Waals surface area contributed by atoms with Gasteiger partial charge in [-0.1, -0.05) is 43.6 Å². The summed E-state index contributed by atoms with van der Waals surface area (Å²) >= 11 is 5.71. The average Bonchev–Trinajstić information content (AvgIpc) is 2.73. The van der Waals surface area contributed by atoms with Crippen LogP contribution in [0.15, 0.2) is 48.7 Å². The third kappa shape index (κ3) is 4.28. The van der Waals surface area contributed by atoms with E-state index in [4.69, 9.17) is 21.1 Å². The van der Waals surface area contributed by atoms with E-state index in [0.29, 0.717) is 11.5 Å². The molecule has 0 saturated heterocycles. The lowest BCUT2D eigenvalue weighted by molar-refractivity contribution is 0.295. The minimum absolute atomic E-state index is 0.0669. The van der Waals surface area contributed by atoms with Crippen LogP contribution < -0.4 is 9.47 Å². The van der Waals surface area contributed by atoms with Gasteiger partial charge >= 0.3 is 0 Å². The first kappa shape index (κ1) is 20.2. The lowest BCUT2D eigenvalue weighted by atomic mass is 9.94. The number of ether oxygens (including phenoxy) is 2. The van der Waals surface area contributed by atoms with Crippen LogP contribution in [0.1, 0.15) is 30.5 Å². The van der Waals surface area contributed by atoms with Crippen molar-refractivity contribution in [1.82, 2.24) is 4.98 Å². The molecule has 0 aliphatic rings. The van der Waals surface area contributed by atoms with Gasteiger partial charge in [0.1, 0.15) is 23.9 Å². The first-order valence-electron chi connectivity index (χ1n) is 9.29. The molecular formula is C23H23ClFNO2. The van der Waals surface area contributed by atoms with Crippen molar-refractivity contribution in [2.45, 2.75) is 33.3 Å². The Kier molecular flexibility index (Phi) is 6.53. The lowest BCUT2D eigenvalue weighted by Gasteiger charge is -2.15. The highest BCUT2D eigenvalue weighted by Crippen LogP contribution is 2.31. The summed E-state index contributed by atoms with van der Waals surface area (Å²) in [5, 5.41) is 0.0669. The molecule has 28 heavy (non-hydrogen) atoms. The van der Waals surface area contributed by atoms with Crippen LogP contribution >= 0.6 is 11.6 Å². The summed E-state index contributed by atoms with van der Waals surface area (Å²) in [7, 11) is 1.62. The highest BCUT2D eigenvalue weighted by atomic mass is 35.5. The molecule has 146 valence electrons. The Morgan fingerprint density at radius 2 is 1.71 bits per heavy atom. The summed E-state index contributed by atoms with van der Waals surface area (Å²) in [4.78, 5) is 4.66. The molecule has 0 N–H and O–H groups in total. The summed E-state index contributed by atoms with van der Waals surface area (Å²) in [6, 6.07) is 12.7. The third-order valence-electron chi connectivity index (χ3n) is 4.70. The van der Waals surface area contributed by atoms with Crippen LogP contribution in [0.25, 0.3) is 11.3 Å². The van der Waals surface area contributed by atoms with E-state index in [0.717, 1.165) is 29.7 Å². The molecule has 0 aliphatic heterocycles. The lowest BCUT2D eigenvalue weighted by Crippen LogP contribution is -2.02. The number of rotatable bonds is 7. The highest BCUT2D eigenvalue weighted by Gasteiger charge is 2.14. The van der Waals surface area contributed by atoms with E-state index in [9.17, 15) is 4.39 Å². The van der Waals surface area contributed by atoms with Crippen LogP contribution in [0.4, 0.5) is 4.39 Å². The first-order valence-corrected chi connectivity index (χ1v) is 9.67. The van der Waals surface area contributed by atoms with Crippen LogP contribution in [0.2, 0.25) is 5.02 Å². The average molecular weight is 400 g/mol. The van der Waals surface area contributed by atoms with E-state index in [2.05, 4.69) is 37.0 Å². The van der Waals surface area contributed by atoms with Gasteiger partial charge in [0.15, 0.2) is 0 Å². The van der Waals surface area contributed by atoms with Gasteiger partial charge in [-0.05, 0) is 36.1 Å². The van der Waals surface area contributed by atoms with Crippen molar-refractivity contribution in [2.75, 3.05) is 7.11 Å². The predicted octanol–water partition coefficient (Wildman–Crippen LogP) is 6.25. The van der Waals surface area contributed by atoms with Gasteiger partial charge in [-0.25, -0.2) is 4.39 Å². The standard InChI is InChI=1S/C23H23ClFNO2/c1-4-15-7-6-8-16(5-2)23(15)21-12-22(27-3)17(13-26-21)14-28-18-9-10-19(24)20(25)11-18/h6-13H,4-5,14H2,1-3H3. The highest BCUT2D eigenvalue weighted by molar-refractivity contribution is 6.30. The SMILES string of the molecule is CCc1cccc(CC)c1-c1cc(OC)c(COc2ccc(Cl)c(F)c2)cn1. The zero-order valence-corrected chi connectivity index (χ0v) is 17.0. The maximum absolute atomic E-state index is 13.6. The number of benzene rings is 2. The molecule has 5 heteroatoms. The fourth-order valence-electron chi connectivity index (χ4n) is 3.20. The predicted molar refractivity (Wildman–Crippen MR) is 111 cm³/mol. The van der Waals surface area contributed by atoms with E-state index in [-0.39, 0.29) is 11.6 Å². The molecule has 0 amide bonds. The summed E-state index contributed by atoms with van der Waals surface area (Å²) in [5.41, 5.74) is 5.35. The van der Waals surface area contributed by atoms with Crippen molar-refractivity contribution in [3.63, 3.8) is 0 Å². The fraction of sp³-hybridized carbons (Fsp3) is 0.261. The van der Waals surface area contributed by atoms with Crippen molar-refractivity contribution in [3.8, 4) is 22.8 Å². The summed E-state index contributed by atoms with van der Waals surface area (Å²) in [5.74, 6) is 0.577. The van der Waals surface area contributed by atoms with Crippen LogP contribution in [-0.2, 0) is 19.4 Å². The van der Waals surface area contributed by atoms with Gasteiger partial charge in [-0.3, -0.25) is 4.98 Å². The number of nitrogens with zero attached hydrogens (tertiary/aromatic N) is 1. The summed E-state index contributed by atoms with van der Waals surface area (Å²) in [6.07, 6.45) is 3.62. The maximum Gasteiger partial charge on any atom is 0.145 e. The second-order valence-corrected chi connectivity index (χ2v) is 6.81. The normalized spacial score (nSPS) is 10.8. The fourth-order valence-corrected chi connectivity index (χ4v) is 3.32. The van der Waals surface area contributed by atoms with Gasteiger partial charge in [-0.15, -0.1) is 0 Å². The molecule has 3 aromatic rings. The molecule has 0 aliphatic carbocycles. The Balaban J connectivity index is 1.90. The molecule has 2 aromatic carbocycles. The molecule has 0 radical (unpaired) electrons. The van der Waals surface area contributed by atoms with Crippen molar-refractivity contribution >= 4 is 11.6 Å². The Labute approximate surface area is 170 Å². The van der Waals surface area contributed by atoms with Crippen LogP contribution in [0.5, 0.6) is 11.5 Å². The van der Waals surface area contributed by atoms with Crippen molar-refractivity contribution in [3.05, 3.63) is 76.2 Å². The zero-order chi connectivity index (χ0) is 20.1. The van der Waals surface area contributed by atoms with Gasteiger partial charge < -0.3 is 9.47 Å². The van der Waals surface area contributed by atoms with Crippen molar-refractivity contribution < 1.29 is 13.9 Å². The van der Waals surface area contributed by atoms with Gasteiger partial charge in [-0.2, -0.15) is 0 Å². The number of aromatic nitrogens is 1. The van der Waals surface area contributed by atoms with E-state index < -0.39 is 5.82 Å². The molecule has 0 atom stereocenters. The Bertz CT molecular complexity index is 953. The smallest absolute Gasteiger partial charge is 0.145 e. The molecule has 1 aromatic heterocycles. The molecule has 3 nitrogen and oxygen atoms in total. The molecule has 0 fully saturated rings. The van der Waals surface area contributed by atoms with Gasteiger partial charge in [0.05, 0.1) is 17.8 Å². The van der Waals surface area contributed by atoms with Gasteiger partial charge in [0.2, 0.25) is 0 Å². The van der Waals surface area contributed by atoms with E-state index >= 15 is 0 Å². The number of methoxy groups -OCH3 is 1. The minimum atomic E-state index is -0.511. The number of hydrogen-bond acceptors (Lipinski definition) is 3. The van der Waals surface area contributed by atoms with Crippen LogP contribution in [0, 0.1) is 5.82 Å². The summed E-state index contributed by atoms with van der Waals surface area (Å²) in [6.45, 7) is 4.50. The quantitative estimate of drug-likeness (QED) is 0.470. The van der Waals surface area contributed by atoms with Crippen molar-refractivity contribution in [1.29, 1.82) is 0 Å². The zero-order valence-electron chi connectivity index (χ0n) is 16.3. The molecule has 0 saturated carbocycles. The minimum Gasteiger partial charge on any atom is -0.496 e. The number of hydrogen-bond donors (Lipinski definition) is 0. The molecular weight excluding hydrogens is 377 g/mol. The second kappa shape index (κ2) is 9.07. The molecule has 3 rings (SSSR count). The number of aryl methyl sites for hydroxylation is 2. The molecule has 0 unspecified atom stereocenters. The van der Waals surface area contributed by atoms with Crippen molar-refractivity contribution in [2.24, 2.45) is 0 Å². The monoisotopic (exact) mass is 399 g/mol. The number of halogens is 2. The van der Waals surface area contributed by atoms with Crippen LogP contribution in [0.3, 0.4) is 0 Å². The molecule has 0 bridgehead atoms. The first-order chi connectivity index (χ1) is 13.6. The molecule has 1 heterocycles. The van der Waals surface area contributed by atoms with Gasteiger partial charge in [0, 0.05) is 29.5 Å². The maximum atomic E-state index is 13.6. The summed E-state index contributed by atoms with van der Waals surface area (Å²) < 4.78 is 24.8. The van der Waals surface area contributed by atoms with E-state index in [1.165, 1.54) is 23.3 Å². The third-order valence-corrected chi connectivity index (χ3v) is 5.01. The Morgan fingerprint density at radius 3 is 2.32 bits per heavy atom. The topological polar surface area (TPSA) is 31.4 Å². The van der Waals surface area contributed by atoms with Gasteiger partial charge in [0.25, 0.3) is 0 Å². The molecule has 0 spiro atoms. The van der Waals surface area contributed by atoms with E-state index in [1.54, 1.807) is 19.4 Å². The van der Waals surface area contributed by atoms with Crippen LogP contribution in [-0.4, -0.2) is 12.1 Å². The van der Waals surface area contributed by atoms with E-state index in [1.807, 2.05) is 6.07 Å². The largest absolute Gasteiger partial charge is 0.496 e. The number of pyridine rings is 1. The Morgan fingerprint density at radius 1 is 1.00 bits per heavy atom. The second-order valence-electron chi connectivity index (χ2n) is 6.40.